The number of pyridine rings is 1. The number of hydrogen-bond acceptors (Lipinski definition) is 4. The SMILES string of the molecule is CCC=CCC=CCC=CCC=CCC=CCC=CCCC(=O)NCCNC(=O)c1ccc(CCN2CCCC2)nc1. The number of nitrogens with one attached hydrogen (secondary N) is 2. The molecule has 0 aromatic carbocycles. The van der Waals surface area contributed by atoms with Crippen LogP contribution in [0.1, 0.15) is 87.2 Å². The van der Waals surface area contributed by atoms with Gasteiger partial charge in [-0.2, -0.15) is 0 Å². The topological polar surface area (TPSA) is 74.3 Å². The summed E-state index contributed by atoms with van der Waals surface area (Å²) in [6.07, 6.45) is 38.2. The van der Waals surface area contributed by atoms with E-state index in [1.165, 1.54) is 25.9 Å². The lowest BCUT2D eigenvalue weighted by molar-refractivity contribution is -0.120. The first-order valence-corrected chi connectivity index (χ1v) is 15.8. The molecule has 2 amide bonds. The highest BCUT2D eigenvalue weighted by Gasteiger charge is 2.11. The molecule has 1 aliphatic heterocycles. The molecule has 1 fully saturated rings. The van der Waals surface area contributed by atoms with Crippen LogP contribution in [0, 0.1) is 0 Å². The van der Waals surface area contributed by atoms with E-state index in [0.29, 0.717) is 31.5 Å². The van der Waals surface area contributed by atoms with Crippen molar-refractivity contribution in [1.29, 1.82) is 0 Å². The van der Waals surface area contributed by atoms with Gasteiger partial charge in [0.25, 0.3) is 5.91 Å². The first-order valence-electron chi connectivity index (χ1n) is 15.8. The van der Waals surface area contributed by atoms with Crippen LogP contribution in [-0.2, 0) is 11.2 Å². The number of aromatic nitrogens is 1. The fourth-order valence-corrected chi connectivity index (χ4v) is 4.41. The summed E-state index contributed by atoms with van der Waals surface area (Å²) in [4.78, 5) is 31.3. The second-order valence-electron chi connectivity index (χ2n) is 10.4. The van der Waals surface area contributed by atoms with Crippen LogP contribution in [0.25, 0.3) is 0 Å². The van der Waals surface area contributed by atoms with E-state index in [4.69, 9.17) is 0 Å². The van der Waals surface area contributed by atoms with E-state index in [1.54, 1.807) is 6.20 Å². The Bertz CT molecular complexity index is 1040. The molecule has 6 nitrogen and oxygen atoms in total. The fraction of sp³-hybridized carbons (Fsp3) is 0.472. The van der Waals surface area contributed by atoms with Gasteiger partial charge in [-0.25, -0.2) is 0 Å². The van der Waals surface area contributed by atoms with E-state index in [9.17, 15) is 9.59 Å². The lowest BCUT2D eigenvalue weighted by Gasteiger charge is -2.13. The lowest BCUT2D eigenvalue weighted by atomic mass is 10.2. The van der Waals surface area contributed by atoms with Crippen LogP contribution in [-0.4, -0.2) is 54.4 Å². The Kier molecular flexibility index (Phi) is 19.9. The van der Waals surface area contributed by atoms with Crippen molar-refractivity contribution in [3.8, 4) is 0 Å². The van der Waals surface area contributed by atoms with E-state index in [2.05, 4.69) is 94.3 Å². The van der Waals surface area contributed by atoms with Crippen molar-refractivity contribution in [1.82, 2.24) is 20.5 Å². The summed E-state index contributed by atoms with van der Waals surface area (Å²) in [6.45, 7) is 6.34. The standard InChI is InChI=1S/C36H52N4O2/c1-2-3-4-5-6-7-8-9-10-11-12-13-14-15-16-17-18-19-20-23-35(41)37-27-28-38-36(42)33-24-25-34(39-32-33)26-31-40-29-21-22-30-40/h3-4,6-7,9-10,12-13,15-16,18-19,24-25,32H,2,5,8,11,14,17,20-23,26-31H2,1H3,(H,37,41)(H,38,42). The highest BCUT2D eigenvalue weighted by molar-refractivity contribution is 5.93. The van der Waals surface area contributed by atoms with Crippen LogP contribution in [0.2, 0.25) is 0 Å². The van der Waals surface area contributed by atoms with Gasteiger partial charge in [-0.05, 0) is 83.0 Å². The molecule has 0 unspecified atom stereocenters. The molecule has 0 atom stereocenters. The van der Waals surface area contributed by atoms with Crippen LogP contribution >= 0.6 is 0 Å². The molecule has 42 heavy (non-hydrogen) atoms. The minimum absolute atomic E-state index is 0.00667. The molecule has 228 valence electrons. The molecule has 2 rings (SSSR count). The Balaban J connectivity index is 1.42. The predicted octanol–water partition coefficient (Wildman–Crippen LogP) is 7.04. The summed E-state index contributed by atoms with van der Waals surface area (Å²) >= 11 is 0. The summed E-state index contributed by atoms with van der Waals surface area (Å²) in [5, 5.41) is 5.70. The van der Waals surface area contributed by atoms with Gasteiger partial charge in [-0.3, -0.25) is 14.6 Å². The number of carbonyl (C=O) groups excluding carboxylic acids is 2. The molecule has 1 saturated heterocycles. The molecule has 1 aromatic heterocycles. The van der Waals surface area contributed by atoms with Crippen molar-refractivity contribution in [2.24, 2.45) is 0 Å². The number of carbonyl (C=O) groups is 2. The first-order chi connectivity index (χ1) is 20.7. The van der Waals surface area contributed by atoms with Gasteiger partial charge in [0.15, 0.2) is 0 Å². The quantitative estimate of drug-likeness (QED) is 0.122. The van der Waals surface area contributed by atoms with Crippen LogP contribution in [0.3, 0.4) is 0 Å². The number of amides is 2. The molecule has 0 radical (unpaired) electrons. The third kappa shape index (κ3) is 18.0. The number of likely N-dealkylation sites (tertiary alicyclic amines) is 1. The molecule has 0 spiro atoms. The molecule has 1 aromatic rings. The van der Waals surface area contributed by atoms with Gasteiger partial charge in [0.05, 0.1) is 5.56 Å². The van der Waals surface area contributed by atoms with Crippen LogP contribution in [0.4, 0.5) is 0 Å². The van der Waals surface area contributed by atoms with Crippen molar-refractivity contribution in [3.05, 3.63) is 102 Å². The minimum Gasteiger partial charge on any atom is -0.354 e. The molecule has 0 saturated carbocycles. The highest BCUT2D eigenvalue weighted by Crippen LogP contribution is 2.09. The summed E-state index contributed by atoms with van der Waals surface area (Å²) in [6, 6.07) is 3.76. The lowest BCUT2D eigenvalue weighted by Crippen LogP contribution is -2.34. The smallest absolute Gasteiger partial charge is 0.252 e. The second kappa shape index (κ2) is 24.1. The van der Waals surface area contributed by atoms with Crippen molar-refractivity contribution in [2.45, 2.75) is 77.6 Å². The molecular formula is C36H52N4O2. The van der Waals surface area contributed by atoms with Crippen LogP contribution in [0.15, 0.2) is 91.2 Å². The molecule has 6 heteroatoms. The third-order valence-corrected chi connectivity index (χ3v) is 6.84. The van der Waals surface area contributed by atoms with Gasteiger partial charge in [-0.15, -0.1) is 0 Å². The Morgan fingerprint density at radius 2 is 1.31 bits per heavy atom. The zero-order valence-corrected chi connectivity index (χ0v) is 25.7. The van der Waals surface area contributed by atoms with E-state index in [1.807, 2.05) is 18.2 Å². The summed E-state index contributed by atoms with van der Waals surface area (Å²) in [5.74, 6) is -0.173. The summed E-state index contributed by atoms with van der Waals surface area (Å²) < 4.78 is 0. The van der Waals surface area contributed by atoms with E-state index >= 15 is 0 Å². The molecule has 0 aliphatic carbocycles. The maximum Gasteiger partial charge on any atom is 0.252 e. The summed E-state index contributed by atoms with van der Waals surface area (Å²) in [7, 11) is 0. The highest BCUT2D eigenvalue weighted by atomic mass is 16.2. The fourth-order valence-electron chi connectivity index (χ4n) is 4.41. The molecule has 1 aliphatic rings. The van der Waals surface area contributed by atoms with Crippen LogP contribution in [0.5, 0.6) is 0 Å². The van der Waals surface area contributed by atoms with E-state index in [0.717, 1.165) is 57.2 Å². The molecule has 2 N–H and O–H groups in total. The number of hydrogen-bond donors (Lipinski definition) is 2. The van der Waals surface area contributed by atoms with Gasteiger partial charge >= 0.3 is 0 Å². The minimum atomic E-state index is -0.166. The molecular weight excluding hydrogens is 520 g/mol. The maximum atomic E-state index is 12.3. The molecule has 0 bridgehead atoms. The van der Waals surface area contributed by atoms with Crippen LogP contribution < -0.4 is 10.6 Å². The van der Waals surface area contributed by atoms with Crippen molar-refractivity contribution in [2.75, 3.05) is 32.7 Å². The number of nitrogens with zero attached hydrogens (tertiary/aromatic N) is 2. The van der Waals surface area contributed by atoms with Crippen molar-refractivity contribution >= 4 is 11.8 Å². The normalized spacial score (nSPS) is 14.6. The van der Waals surface area contributed by atoms with Gasteiger partial charge < -0.3 is 15.5 Å². The Morgan fingerprint density at radius 1 is 0.762 bits per heavy atom. The number of allylic oxidation sites excluding steroid dienone is 12. The van der Waals surface area contributed by atoms with E-state index in [-0.39, 0.29) is 11.8 Å². The average Bonchev–Trinajstić information content (AvgIpc) is 3.53. The monoisotopic (exact) mass is 572 g/mol. The second-order valence-corrected chi connectivity index (χ2v) is 10.4. The van der Waals surface area contributed by atoms with Crippen molar-refractivity contribution < 1.29 is 9.59 Å². The Labute approximate surface area is 254 Å². The number of rotatable bonds is 21. The third-order valence-electron chi connectivity index (χ3n) is 6.84. The maximum absolute atomic E-state index is 12.3. The Hall–Kier alpha value is -3.51. The average molecular weight is 573 g/mol. The van der Waals surface area contributed by atoms with Gasteiger partial charge in [0.1, 0.15) is 0 Å². The Morgan fingerprint density at radius 3 is 1.86 bits per heavy atom. The summed E-state index contributed by atoms with van der Waals surface area (Å²) in [5.41, 5.74) is 1.56. The zero-order valence-electron chi connectivity index (χ0n) is 25.7. The molecule has 2 heterocycles. The van der Waals surface area contributed by atoms with Gasteiger partial charge in [0, 0.05) is 44.4 Å². The van der Waals surface area contributed by atoms with Gasteiger partial charge in [-0.1, -0.05) is 79.8 Å². The van der Waals surface area contributed by atoms with Crippen molar-refractivity contribution in [3.63, 3.8) is 0 Å². The first kappa shape index (κ1) is 34.7. The van der Waals surface area contributed by atoms with E-state index < -0.39 is 0 Å². The predicted molar refractivity (Wildman–Crippen MR) is 176 cm³/mol. The largest absolute Gasteiger partial charge is 0.354 e. The van der Waals surface area contributed by atoms with Gasteiger partial charge in [0.2, 0.25) is 5.91 Å². The zero-order chi connectivity index (χ0) is 29.9.